The van der Waals surface area contributed by atoms with Crippen molar-refractivity contribution < 1.29 is 17.7 Å². The fourth-order valence-electron chi connectivity index (χ4n) is 11.5. The molecule has 0 unspecified atom stereocenters. The summed E-state index contributed by atoms with van der Waals surface area (Å²) < 4.78 is 25.2. The maximum atomic E-state index is 5.73. The second kappa shape index (κ2) is 39.4. The van der Waals surface area contributed by atoms with E-state index in [2.05, 4.69) is 373 Å². The van der Waals surface area contributed by atoms with Gasteiger partial charge >= 0.3 is 0 Å². The van der Waals surface area contributed by atoms with Gasteiger partial charge in [-0.05, 0) is 187 Å². The summed E-state index contributed by atoms with van der Waals surface area (Å²) in [4.78, 5) is 4.39. The predicted molar refractivity (Wildman–Crippen MR) is 513 cm³/mol. The minimum absolute atomic E-state index is 0.0962. The van der Waals surface area contributed by atoms with E-state index in [4.69, 9.17) is 17.7 Å². The lowest BCUT2D eigenvalue weighted by Crippen LogP contribution is -2.09. The molecule has 10 aromatic heterocycles. The van der Waals surface area contributed by atoms with Crippen LogP contribution in [0.25, 0.3) is 64.0 Å². The Morgan fingerprint density at radius 2 is 0.579 bits per heavy atom. The van der Waals surface area contributed by atoms with Crippen molar-refractivity contribution >= 4 is 132 Å². The summed E-state index contributed by atoms with van der Waals surface area (Å²) in [6.45, 7) is 66.5. The van der Waals surface area contributed by atoms with E-state index in [0.29, 0.717) is 21.7 Å². The van der Waals surface area contributed by atoms with Crippen molar-refractivity contribution in [1.29, 1.82) is 0 Å². The molecular weight excluding hydrogens is 1510 g/mol. The SMILES string of the molecule is CC(C)(C)c1cc2ccccc2o1.CC(C)(C)c1cc2ccccc2o1.CC(C)(C)c1cc2ccccc2s1.CC(C)(C)c1cccs1.CC(C)(C)c1cccs1.CC(C)(C)c1ccsc1.CC(C)(C)c1ccsc1.CC(C)(C)c1coc2ccccc12.CC(C)(C)c1coc2ccccc12.CC(C)(C)c1csc2ccccc12. The molecule has 0 saturated heterocycles. The molecule has 0 amide bonds. The summed E-state index contributed by atoms with van der Waals surface area (Å²) >= 11 is 10.9. The first kappa shape index (κ1) is 93.4. The van der Waals surface area contributed by atoms with Gasteiger partial charge in [-0.3, -0.25) is 0 Å². The third-order valence-corrected chi connectivity index (χ3v) is 25.1. The average molecular weight is 1640 g/mol. The minimum Gasteiger partial charge on any atom is -0.464 e. The highest BCUT2D eigenvalue weighted by Gasteiger charge is 2.24. The standard InChI is InChI=1S/4C12H14O.2C12H14S.4C8H12S/c2*1-12(2,3)10-8-13-11-7-5-4-6-9(10)11;2*1-12(2,3)11-8-9-6-4-5-7-10(9)13-11;1-12(2,3)10-8-13-11-7-5-4-6-9(10)11;1-12(2,3)11-8-9-6-4-5-7-10(9)13-11;2*1-8(2,3)7-4-5-9-6-7;2*1-8(2,3)7-5-4-6-9-7/h6*4-8H,1-3H3;4*4-6H,1-3H3. The van der Waals surface area contributed by atoms with Crippen molar-refractivity contribution in [1.82, 2.24) is 0 Å². The van der Waals surface area contributed by atoms with Gasteiger partial charge in [0.2, 0.25) is 0 Å². The normalized spacial score (nSPS) is 12.1. The van der Waals surface area contributed by atoms with E-state index in [0.717, 1.165) is 33.9 Å². The third-order valence-electron chi connectivity index (χ3n) is 18.7. The van der Waals surface area contributed by atoms with Gasteiger partial charge in [-0.25, -0.2) is 0 Å². The summed E-state index contributed by atoms with van der Waals surface area (Å²) in [5.41, 5.74) is 13.2. The zero-order valence-electron chi connectivity index (χ0n) is 74.3. The number of rotatable bonds is 0. The highest BCUT2D eigenvalue weighted by Crippen LogP contribution is 2.39. The van der Waals surface area contributed by atoms with Crippen molar-refractivity contribution in [3.63, 3.8) is 0 Å². The van der Waals surface area contributed by atoms with E-state index in [1.54, 1.807) is 22.7 Å². The number of benzene rings is 6. The second-order valence-electron chi connectivity index (χ2n) is 39.4. The molecule has 0 aliphatic carbocycles. The molecule has 10 heteroatoms. The quantitative estimate of drug-likeness (QED) is 0.152. The Bertz CT molecular complexity index is 4700. The molecule has 0 spiro atoms. The van der Waals surface area contributed by atoms with Crippen molar-refractivity contribution in [2.75, 3.05) is 0 Å². The topological polar surface area (TPSA) is 52.6 Å². The van der Waals surface area contributed by atoms with Gasteiger partial charge in [0, 0.05) is 67.5 Å². The van der Waals surface area contributed by atoms with E-state index in [1.165, 1.54) is 84.2 Å². The first-order valence-electron chi connectivity index (χ1n) is 39.9. The van der Waals surface area contributed by atoms with Gasteiger partial charge in [0.15, 0.2) is 0 Å². The van der Waals surface area contributed by atoms with Crippen molar-refractivity contribution in [2.24, 2.45) is 0 Å². The Morgan fingerprint density at radius 1 is 0.237 bits per heavy atom. The van der Waals surface area contributed by atoms with Gasteiger partial charge in [0.25, 0.3) is 0 Å². The average Bonchev–Trinajstić information content (AvgIpc) is 1.68. The molecule has 6 aromatic carbocycles. The molecule has 4 nitrogen and oxygen atoms in total. The number of furan rings is 4. The molecule has 0 fully saturated rings. The lowest BCUT2D eigenvalue weighted by atomic mass is 9.87. The van der Waals surface area contributed by atoms with E-state index in [9.17, 15) is 0 Å². The van der Waals surface area contributed by atoms with Gasteiger partial charge in [0.1, 0.15) is 33.9 Å². The van der Waals surface area contributed by atoms with E-state index in [1.807, 2.05) is 131 Å². The lowest BCUT2D eigenvalue weighted by Gasteiger charge is -2.17. The van der Waals surface area contributed by atoms with E-state index in [-0.39, 0.29) is 32.5 Å². The van der Waals surface area contributed by atoms with Crippen LogP contribution in [0.2, 0.25) is 0 Å². The van der Waals surface area contributed by atoms with Crippen molar-refractivity contribution in [3.8, 4) is 0 Å². The summed E-state index contributed by atoms with van der Waals surface area (Å²) in [5.74, 6) is 2.10. The Labute approximate surface area is 710 Å². The molecule has 0 aliphatic heterocycles. The van der Waals surface area contributed by atoms with Gasteiger partial charge in [-0.1, -0.05) is 329 Å². The molecule has 114 heavy (non-hydrogen) atoms. The maximum Gasteiger partial charge on any atom is 0.134 e. The van der Waals surface area contributed by atoms with Gasteiger partial charge in [0.05, 0.1) is 12.5 Å². The number of fused-ring (bicyclic) bond motifs is 6. The fourth-order valence-corrected chi connectivity index (χ4v) is 17.2. The Balaban J connectivity index is 0.000000176. The molecule has 0 aliphatic rings. The summed E-state index contributed by atoms with van der Waals surface area (Å²) in [6, 6.07) is 69.2. The van der Waals surface area contributed by atoms with Crippen LogP contribution in [-0.4, -0.2) is 0 Å². The highest BCUT2D eigenvalue weighted by atomic mass is 32.1. The maximum absolute atomic E-state index is 5.73. The number of thiophene rings is 6. The zero-order chi connectivity index (χ0) is 84.5. The minimum atomic E-state index is 0.0962. The molecule has 0 radical (unpaired) electrons. The largest absolute Gasteiger partial charge is 0.464 e. The first-order valence-corrected chi connectivity index (χ1v) is 45.3. The monoisotopic (exact) mass is 1640 g/mol. The van der Waals surface area contributed by atoms with Crippen LogP contribution in [-0.2, 0) is 54.1 Å². The molecule has 16 rings (SSSR count). The Hall–Kier alpha value is -7.80. The van der Waals surface area contributed by atoms with Crippen LogP contribution in [0.15, 0.2) is 268 Å². The molecule has 0 N–H and O–H groups in total. The molecule has 10 heterocycles. The van der Waals surface area contributed by atoms with Crippen LogP contribution in [0, 0.1) is 0 Å². The zero-order valence-corrected chi connectivity index (χ0v) is 79.2. The first-order chi connectivity index (χ1) is 52.9. The van der Waals surface area contributed by atoms with Gasteiger partial charge in [-0.2, -0.15) is 22.7 Å². The molecular formula is C104H132O4S6. The van der Waals surface area contributed by atoms with Crippen LogP contribution < -0.4 is 0 Å². The summed E-state index contributed by atoms with van der Waals surface area (Å²) in [5, 5.41) is 22.8. The van der Waals surface area contributed by atoms with Crippen molar-refractivity contribution in [3.05, 3.63) is 304 Å². The van der Waals surface area contributed by atoms with Crippen LogP contribution in [0.1, 0.15) is 262 Å². The number of hydrogen-bond donors (Lipinski definition) is 0. The van der Waals surface area contributed by atoms with Gasteiger partial charge in [-0.15, -0.1) is 45.3 Å². The number of hydrogen-bond acceptors (Lipinski definition) is 10. The fraction of sp³-hybridized carbons (Fsp3) is 0.385. The molecule has 0 bridgehead atoms. The Morgan fingerprint density at radius 3 is 0.877 bits per heavy atom. The Kier molecular flexibility index (Phi) is 32.3. The van der Waals surface area contributed by atoms with E-state index >= 15 is 0 Å². The van der Waals surface area contributed by atoms with Crippen LogP contribution in [0.3, 0.4) is 0 Å². The highest BCUT2D eigenvalue weighted by molar-refractivity contribution is 7.19. The second-order valence-corrected chi connectivity index (χ2v) is 44.8. The summed E-state index contributed by atoms with van der Waals surface area (Å²) in [7, 11) is 0. The molecule has 0 atom stereocenters. The molecule has 16 aromatic rings. The van der Waals surface area contributed by atoms with E-state index < -0.39 is 0 Å². The van der Waals surface area contributed by atoms with Crippen LogP contribution in [0.5, 0.6) is 0 Å². The van der Waals surface area contributed by atoms with Crippen molar-refractivity contribution in [2.45, 2.75) is 262 Å². The van der Waals surface area contributed by atoms with Crippen LogP contribution in [0.4, 0.5) is 0 Å². The summed E-state index contributed by atoms with van der Waals surface area (Å²) in [6.07, 6.45) is 3.73. The smallest absolute Gasteiger partial charge is 0.134 e. The van der Waals surface area contributed by atoms with Crippen LogP contribution >= 0.6 is 68.0 Å². The third kappa shape index (κ3) is 28.5. The predicted octanol–water partition coefficient (Wildman–Crippen LogP) is 35.5. The lowest BCUT2D eigenvalue weighted by molar-refractivity contribution is 0.430. The van der Waals surface area contributed by atoms with Gasteiger partial charge < -0.3 is 17.7 Å². The molecule has 0 saturated carbocycles. The number of para-hydroxylation sites is 4. The molecule has 608 valence electrons.